The number of carbonyl (C=O) groups excluding carboxylic acids is 1. The third kappa shape index (κ3) is 2.10. The van der Waals surface area contributed by atoms with Crippen molar-refractivity contribution in [2.24, 2.45) is 5.92 Å². The van der Waals surface area contributed by atoms with Gasteiger partial charge in [0, 0.05) is 24.7 Å². The number of hydrogen-bond donors (Lipinski definition) is 0. The molecule has 2 heteroatoms. The molecule has 0 aromatic heterocycles. The van der Waals surface area contributed by atoms with Crippen molar-refractivity contribution in [2.75, 3.05) is 13.1 Å². The summed E-state index contributed by atoms with van der Waals surface area (Å²) in [7, 11) is 0. The highest BCUT2D eigenvalue weighted by Gasteiger charge is 2.21. The van der Waals surface area contributed by atoms with E-state index in [0.29, 0.717) is 11.7 Å². The van der Waals surface area contributed by atoms with Crippen LogP contribution < -0.4 is 0 Å². The van der Waals surface area contributed by atoms with Crippen LogP contribution in [0.15, 0.2) is 12.3 Å². The summed E-state index contributed by atoms with van der Waals surface area (Å²) in [6.45, 7) is 9.61. The third-order valence-electron chi connectivity index (χ3n) is 2.61. The van der Waals surface area contributed by atoms with Crippen molar-refractivity contribution in [3.63, 3.8) is 0 Å². The molecule has 1 saturated heterocycles. The standard InChI is InChI=1S/C10H17NO/c1-8(2)11-6-4-10(5-7-11)9(3)12/h10H,1,4-7H2,2-3H3. The minimum absolute atomic E-state index is 0.306. The van der Waals surface area contributed by atoms with Crippen molar-refractivity contribution < 1.29 is 4.79 Å². The topological polar surface area (TPSA) is 20.3 Å². The second-order valence-corrected chi connectivity index (χ2v) is 3.61. The molecule has 1 rings (SSSR count). The van der Waals surface area contributed by atoms with Crippen LogP contribution in [0.2, 0.25) is 0 Å². The molecule has 0 aromatic rings. The van der Waals surface area contributed by atoms with Crippen LogP contribution in [0, 0.1) is 5.92 Å². The smallest absolute Gasteiger partial charge is 0.133 e. The summed E-state index contributed by atoms with van der Waals surface area (Å²) in [6.07, 6.45) is 2.00. The van der Waals surface area contributed by atoms with Gasteiger partial charge in [-0.05, 0) is 26.7 Å². The van der Waals surface area contributed by atoms with Gasteiger partial charge in [0.15, 0.2) is 0 Å². The molecule has 0 aliphatic carbocycles. The zero-order valence-corrected chi connectivity index (χ0v) is 7.97. The van der Waals surface area contributed by atoms with Crippen LogP contribution in [0.1, 0.15) is 26.7 Å². The fraction of sp³-hybridized carbons (Fsp3) is 0.700. The summed E-state index contributed by atoms with van der Waals surface area (Å²) < 4.78 is 0. The molecule has 0 N–H and O–H groups in total. The molecule has 0 radical (unpaired) electrons. The number of Topliss-reactive ketones (excluding diaryl/α,β-unsaturated/α-hetero) is 1. The first-order valence-electron chi connectivity index (χ1n) is 4.52. The molecule has 1 fully saturated rings. The van der Waals surface area contributed by atoms with Crippen LogP contribution in [-0.4, -0.2) is 23.8 Å². The number of piperidine rings is 1. The van der Waals surface area contributed by atoms with Crippen molar-refractivity contribution in [1.29, 1.82) is 0 Å². The number of allylic oxidation sites excluding steroid dienone is 1. The summed E-state index contributed by atoms with van der Waals surface area (Å²) in [6, 6.07) is 0. The Balaban J connectivity index is 2.39. The average Bonchev–Trinajstić information content (AvgIpc) is 2.04. The maximum atomic E-state index is 11.0. The maximum absolute atomic E-state index is 11.0. The predicted octanol–water partition coefficient (Wildman–Crippen LogP) is 1.82. The van der Waals surface area contributed by atoms with E-state index in [0.717, 1.165) is 31.6 Å². The Morgan fingerprint density at radius 1 is 1.33 bits per heavy atom. The van der Waals surface area contributed by atoms with E-state index >= 15 is 0 Å². The normalized spacial score (nSPS) is 19.3. The lowest BCUT2D eigenvalue weighted by Crippen LogP contribution is -2.34. The van der Waals surface area contributed by atoms with Gasteiger partial charge in [-0.2, -0.15) is 0 Å². The van der Waals surface area contributed by atoms with E-state index < -0.39 is 0 Å². The summed E-state index contributed by atoms with van der Waals surface area (Å²) in [4.78, 5) is 13.3. The molecule has 1 heterocycles. The number of nitrogens with zero attached hydrogens (tertiary/aromatic N) is 1. The average molecular weight is 167 g/mol. The molecule has 0 bridgehead atoms. The van der Waals surface area contributed by atoms with Gasteiger partial charge in [-0.1, -0.05) is 6.58 Å². The SMILES string of the molecule is C=C(C)N1CCC(C(C)=O)CC1. The minimum atomic E-state index is 0.306. The van der Waals surface area contributed by atoms with Gasteiger partial charge in [-0.15, -0.1) is 0 Å². The van der Waals surface area contributed by atoms with Crippen molar-refractivity contribution in [3.05, 3.63) is 12.3 Å². The number of hydrogen-bond acceptors (Lipinski definition) is 2. The molecule has 12 heavy (non-hydrogen) atoms. The van der Waals surface area contributed by atoms with Gasteiger partial charge in [0.05, 0.1) is 0 Å². The number of likely N-dealkylation sites (tertiary alicyclic amines) is 1. The minimum Gasteiger partial charge on any atom is -0.375 e. The first kappa shape index (κ1) is 9.30. The van der Waals surface area contributed by atoms with E-state index in [1.165, 1.54) is 0 Å². The third-order valence-corrected chi connectivity index (χ3v) is 2.61. The predicted molar refractivity (Wildman–Crippen MR) is 49.8 cm³/mol. The lowest BCUT2D eigenvalue weighted by Gasteiger charge is -2.32. The summed E-state index contributed by atoms with van der Waals surface area (Å²) in [5, 5.41) is 0. The second-order valence-electron chi connectivity index (χ2n) is 3.61. The maximum Gasteiger partial charge on any atom is 0.133 e. The van der Waals surface area contributed by atoms with Crippen LogP contribution >= 0.6 is 0 Å². The van der Waals surface area contributed by atoms with Crippen molar-refractivity contribution in [2.45, 2.75) is 26.7 Å². The number of carbonyl (C=O) groups is 1. The summed E-state index contributed by atoms with van der Waals surface area (Å²) in [5.74, 6) is 0.650. The Kier molecular flexibility index (Phi) is 2.90. The quantitative estimate of drug-likeness (QED) is 0.625. The Bertz CT molecular complexity index is 168. The van der Waals surface area contributed by atoms with Gasteiger partial charge >= 0.3 is 0 Å². The highest BCUT2D eigenvalue weighted by atomic mass is 16.1. The summed E-state index contributed by atoms with van der Waals surface area (Å²) >= 11 is 0. The first-order valence-corrected chi connectivity index (χ1v) is 4.52. The van der Waals surface area contributed by atoms with Crippen molar-refractivity contribution >= 4 is 5.78 Å². The van der Waals surface area contributed by atoms with Crippen LogP contribution in [0.25, 0.3) is 0 Å². The van der Waals surface area contributed by atoms with Gasteiger partial charge in [0.1, 0.15) is 5.78 Å². The van der Waals surface area contributed by atoms with Gasteiger partial charge in [-0.3, -0.25) is 4.79 Å². The van der Waals surface area contributed by atoms with Crippen LogP contribution in [0.3, 0.4) is 0 Å². The van der Waals surface area contributed by atoms with E-state index in [2.05, 4.69) is 11.5 Å². The molecule has 1 aliphatic heterocycles. The Morgan fingerprint density at radius 2 is 1.83 bits per heavy atom. The van der Waals surface area contributed by atoms with E-state index in [4.69, 9.17) is 0 Å². The first-order chi connectivity index (χ1) is 5.61. The van der Waals surface area contributed by atoms with Gasteiger partial charge in [0.2, 0.25) is 0 Å². The van der Waals surface area contributed by atoms with Crippen LogP contribution in [0.4, 0.5) is 0 Å². The zero-order valence-electron chi connectivity index (χ0n) is 7.97. The fourth-order valence-corrected chi connectivity index (χ4v) is 1.67. The highest BCUT2D eigenvalue weighted by Crippen LogP contribution is 2.19. The molecular formula is C10H17NO. The van der Waals surface area contributed by atoms with Crippen molar-refractivity contribution in [3.8, 4) is 0 Å². The number of ketones is 1. The van der Waals surface area contributed by atoms with Crippen LogP contribution in [-0.2, 0) is 4.79 Å². The highest BCUT2D eigenvalue weighted by molar-refractivity contribution is 5.78. The molecule has 0 unspecified atom stereocenters. The van der Waals surface area contributed by atoms with E-state index in [1.807, 2.05) is 6.92 Å². The van der Waals surface area contributed by atoms with E-state index in [9.17, 15) is 4.79 Å². The second kappa shape index (κ2) is 3.74. The molecule has 0 spiro atoms. The Hall–Kier alpha value is -0.790. The van der Waals surface area contributed by atoms with Crippen LogP contribution in [0.5, 0.6) is 0 Å². The monoisotopic (exact) mass is 167 g/mol. The molecule has 1 aliphatic rings. The van der Waals surface area contributed by atoms with Crippen molar-refractivity contribution in [1.82, 2.24) is 4.90 Å². The number of rotatable bonds is 2. The fourth-order valence-electron chi connectivity index (χ4n) is 1.67. The van der Waals surface area contributed by atoms with Gasteiger partial charge in [0.25, 0.3) is 0 Å². The summed E-state index contributed by atoms with van der Waals surface area (Å²) in [5.41, 5.74) is 1.12. The molecule has 68 valence electrons. The molecule has 0 saturated carbocycles. The molecule has 0 atom stereocenters. The largest absolute Gasteiger partial charge is 0.375 e. The Morgan fingerprint density at radius 3 is 2.17 bits per heavy atom. The van der Waals surface area contributed by atoms with E-state index in [1.54, 1.807) is 6.92 Å². The zero-order chi connectivity index (χ0) is 9.14. The lowest BCUT2D eigenvalue weighted by atomic mass is 9.93. The molecular weight excluding hydrogens is 150 g/mol. The molecule has 2 nitrogen and oxygen atoms in total. The Labute approximate surface area is 74.2 Å². The lowest BCUT2D eigenvalue weighted by molar-refractivity contribution is -0.121. The van der Waals surface area contributed by atoms with E-state index in [-0.39, 0.29) is 0 Å². The molecule has 0 aromatic carbocycles. The van der Waals surface area contributed by atoms with Gasteiger partial charge < -0.3 is 4.90 Å². The molecule has 0 amide bonds. The van der Waals surface area contributed by atoms with Gasteiger partial charge in [-0.25, -0.2) is 0 Å².